The van der Waals surface area contributed by atoms with E-state index in [9.17, 15) is 0 Å². The molecule has 1 rings (SSSR count). The third-order valence-electron chi connectivity index (χ3n) is 2.57. The molecule has 0 spiro atoms. The van der Waals surface area contributed by atoms with Crippen LogP contribution in [0.2, 0.25) is 0 Å². The Morgan fingerprint density at radius 3 is 2.81 bits per heavy atom. The van der Waals surface area contributed by atoms with Gasteiger partial charge in [-0.15, -0.1) is 0 Å². The van der Waals surface area contributed by atoms with Gasteiger partial charge in [0.15, 0.2) is 0 Å². The SMILES string of the molecule is CCC(C)N(CCOC)c1cc(Br)ncn1. The second-order valence-electron chi connectivity index (χ2n) is 3.64. The normalized spacial score (nSPS) is 12.5. The van der Waals surface area contributed by atoms with Gasteiger partial charge in [0.25, 0.3) is 0 Å². The van der Waals surface area contributed by atoms with Crippen molar-refractivity contribution < 1.29 is 4.74 Å². The minimum atomic E-state index is 0.442. The lowest BCUT2D eigenvalue weighted by Crippen LogP contribution is -2.36. The molecule has 90 valence electrons. The fraction of sp³-hybridized carbons (Fsp3) is 0.636. The first kappa shape index (κ1) is 13.4. The van der Waals surface area contributed by atoms with Crippen LogP contribution in [0.4, 0.5) is 5.82 Å². The number of nitrogens with zero attached hydrogens (tertiary/aromatic N) is 3. The third kappa shape index (κ3) is 3.72. The van der Waals surface area contributed by atoms with Crippen LogP contribution in [0.3, 0.4) is 0 Å². The van der Waals surface area contributed by atoms with Gasteiger partial charge in [-0.05, 0) is 29.3 Å². The van der Waals surface area contributed by atoms with Crippen LogP contribution in [0.25, 0.3) is 0 Å². The van der Waals surface area contributed by atoms with Crippen molar-refractivity contribution in [1.29, 1.82) is 0 Å². The van der Waals surface area contributed by atoms with Gasteiger partial charge in [-0.3, -0.25) is 0 Å². The zero-order valence-electron chi connectivity index (χ0n) is 9.98. The van der Waals surface area contributed by atoms with Crippen molar-refractivity contribution in [3.05, 3.63) is 17.0 Å². The van der Waals surface area contributed by atoms with Crippen LogP contribution in [0, 0.1) is 0 Å². The number of ether oxygens (including phenoxy) is 1. The molecule has 0 aromatic carbocycles. The molecule has 0 radical (unpaired) electrons. The van der Waals surface area contributed by atoms with Gasteiger partial charge in [-0.1, -0.05) is 6.92 Å². The predicted molar refractivity (Wildman–Crippen MR) is 68.7 cm³/mol. The number of halogens is 1. The fourth-order valence-electron chi connectivity index (χ4n) is 1.45. The van der Waals surface area contributed by atoms with Crippen molar-refractivity contribution in [2.24, 2.45) is 0 Å². The third-order valence-corrected chi connectivity index (χ3v) is 3.01. The van der Waals surface area contributed by atoms with Crippen LogP contribution in [-0.2, 0) is 4.74 Å². The topological polar surface area (TPSA) is 38.2 Å². The highest BCUT2D eigenvalue weighted by molar-refractivity contribution is 9.10. The van der Waals surface area contributed by atoms with E-state index in [2.05, 4.69) is 44.6 Å². The van der Waals surface area contributed by atoms with E-state index in [1.165, 1.54) is 0 Å². The second kappa shape index (κ2) is 6.81. The number of hydrogen-bond donors (Lipinski definition) is 0. The van der Waals surface area contributed by atoms with E-state index < -0.39 is 0 Å². The van der Waals surface area contributed by atoms with Gasteiger partial charge in [0.1, 0.15) is 16.7 Å². The maximum Gasteiger partial charge on any atom is 0.133 e. The highest BCUT2D eigenvalue weighted by Crippen LogP contribution is 2.18. The lowest BCUT2D eigenvalue weighted by molar-refractivity contribution is 0.203. The van der Waals surface area contributed by atoms with E-state index in [1.54, 1.807) is 13.4 Å². The van der Waals surface area contributed by atoms with Crippen LogP contribution in [0.5, 0.6) is 0 Å². The molecule has 0 bridgehead atoms. The van der Waals surface area contributed by atoms with Gasteiger partial charge in [-0.2, -0.15) is 0 Å². The first-order valence-electron chi connectivity index (χ1n) is 5.42. The largest absolute Gasteiger partial charge is 0.383 e. The molecule has 0 saturated carbocycles. The van der Waals surface area contributed by atoms with Gasteiger partial charge in [0.05, 0.1) is 6.61 Å². The van der Waals surface area contributed by atoms with Crippen molar-refractivity contribution in [3.63, 3.8) is 0 Å². The standard InChI is InChI=1S/C11H18BrN3O/c1-4-9(2)15(5-6-16-3)11-7-10(12)13-8-14-11/h7-9H,4-6H2,1-3H3. The highest BCUT2D eigenvalue weighted by Gasteiger charge is 2.14. The molecule has 0 aliphatic rings. The van der Waals surface area contributed by atoms with Gasteiger partial charge in [0, 0.05) is 25.8 Å². The molecule has 1 aromatic heterocycles. The summed E-state index contributed by atoms with van der Waals surface area (Å²) in [7, 11) is 1.71. The number of hydrogen-bond acceptors (Lipinski definition) is 4. The Kier molecular flexibility index (Phi) is 5.69. The van der Waals surface area contributed by atoms with Gasteiger partial charge >= 0.3 is 0 Å². The second-order valence-corrected chi connectivity index (χ2v) is 4.45. The average molecular weight is 288 g/mol. The van der Waals surface area contributed by atoms with E-state index in [1.807, 2.05) is 6.07 Å². The van der Waals surface area contributed by atoms with Crippen LogP contribution < -0.4 is 4.90 Å². The molecule has 0 aliphatic carbocycles. The average Bonchev–Trinajstić information content (AvgIpc) is 2.29. The quantitative estimate of drug-likeness (QED) is 0.754. The summed E-state index contributed by atoms with van der Waals surface area (Å²) in [5, 5.41) is 0. The summed E-state index contributed by atoms with van der Waals surface area (Å²) in [6, 6.07) is 2.37. The van der Waals surface area contributed by atoms with Crippen LogP contribution >= 0.6 is 15.9 Å². The molecule has 0 amide bonds. The maximum absolute atomic E-state index is 5.12. The zero-order chi connectivity index (χ0) is 12.0. The van der Waals surface area contributed by atoms with Crippen LogP contribution in [0.15, 0.2) is 17.0 Å². The smallest absolute Gasteiger partial charge is 0.133 e. The Morgan fingerprint density at radius 2 is 2.25 bits per heavy atom. The van der Waals surface area contributed by atoms with E-state index in [4.69, 9.17) is 4.74 Å². The van der Waals surface area contributed by atoms with Gasteiger partial charge < -0.3 is 9.64 Å². The zero-order valence-corrected chi connectivity index (χ0v) is 11.6. The molecule has 0 aliphatic heterocycles. The molecule has 4 nitrogen and oxygen atoms in total. The summed E-state index contributed by atoms with van der Waals surface area (Å²) in [4.78, 5) is 10.6. The summed E-state index contributed by atoms with van der Waals surface area (Å²) in [5.74, 6) is 0.938. The molecule has 1 atom stereocenters. The highest BCUT2D eigenvalue weighted by atomic mass is 79.9. The summed E-state index contributed by atoms with van der Waals surface area (Å²) in [6.07, 6.45) is 2.65. The minimum absolute atomic E-state index is 0.442. The molecule has 0 fully saturated rings. The van der Waals surface area contributed by atoms with Gasteiger partial charge in [0.2, 0.25) is 0 Å². The Balaban J connectivity index is 2.82. The number of aromatic nitrogens is 2. The number of methoxy groups -OCH3 is 1. The Bertz CT molecular complexity index is 322. The van der Waals surface area contributed by atoms with Crippen molar-refractivity contribution in [3.8, 4) is 0 Å². The molecular formula is C11H18BrN3O. The minimum Gasteiger partial charge on any atom is -0.383 e. The van der Waals surface area contributed by atoms with E-state index >= 15 is 0 Å². The molecule has 16 heavy (non-hydrogen) atoms. The Hall–Kier alpha value is -0.680. The van der Waals surface area contributed by atoms with Gasteiger partial charge in [-0.25, -0.2) is 9.97 Å². The summed E-state index contributed by atoms with van der Waals surface area (Å²) < 4.78 is 5.93. The molecule has 0 N–H and O–H groups in total. The lowest BCUT2D eigenvalue weighted by Gasteiger charge is -2.29. The number of rotatable bonds is 6. The number of anilines is 1. The first-order chi connectivity index (χ1) is 7.69. The van der Waals surface area contributed by atoms with Crippen molar-refractivity contribution in [1.82, 2.24) is 9.97 Å². The lowest BCUT2D eigenvalue weighted by atomic mass is 10.2. The molecule has 5 heteroatoms. The Labute approximate surface area is 105 Å². The van der Waals surface area contributed by atoms with Crippen molar-refractivity contribution >= 4 is 21.7 Å². The Morgan fingerprint density at radius 1 is 1.50 bits per heavy atom. The summed E-state index contributed by atoms with van der Waals surface area (Å²) in [5.41, 5.74) is 0. The van der Waals surface area contributed by atoms with Crippen LogP contribution in [-0.4, -0.2) is 36.3 Å². The fourth-order valence-corrected chi connectivity index (χ4v) is 1.75. The first-order valence-corrected chi connectivity index (χ1v) is 6.21. The van der Waals surface area contributed by atoms with Crippen molar-refractivity contribution in [2.75, 3.05) is 25.2 Å². The predicted octanol–water partition coefficient (Wildman–Crippen LogP) is 2.49. The molecule has 1 unspecified atom stereocenters. The van der Waals surface area contributed by atoms with E-state index in [0.717, 1.165) is 23.4 Å². The van der Waals surface area contributed by atoms with Crippen LogP contribution in [0.1, 0.15) is 20.3 Å². The molecule has 0 saturated heterocycles. The van der Waals surface area contributed by atoms with E-state index in [0.29, 0.717) is 12.6 Å². The molecule has 1 heterocycles. The maximum atomic E-state index is 5.12. The summed E-state index contributed by atoms with van der Waals surface area (Å²) in [6.45, 7) is 5.90. The van der Waals surface area contributed by atoms with Crippen molar-refractivity contribution in [2.45, 2.75) is 26.3 Å². The molecule has 1 aromatic rings. The molecular weight excluding hydrogens is 270 g/mol. The summed E-state index contributed by atoms with van der Waals surface area (Å²) >= 11 is 3.36. The monoisotopic (exact) mass is 287 g/mol. The van der Waals surface area contributed by atoms with E-state index in [-0.39, 0.29) is 0 Å².